The maximum absolute atomic E-state index is 10.8. The highest BCUT2D eigenvalue weighted by atomic mass is 35.5. The molecular weight excluding hydrogens is 320 g/mol. The molecule has 0 aliphatic carbocycles. The van der Waals surface area contributed by atoms with Crippen LogP contribution in [0.25, 0.3) is 11.4 Å². The maximum Gasteiger partial charge on any atom is 0.316 e. The molecule has 0 saturated carbocycles. The van der Waals surface area contributed by atoms with Gasteiger partial charge in [-0.05, 0) is 19.1 Å². The topological polar surface area (TPSA) is 122 Å². The molecule has 0 unspecified atom stereocenters. The first-order valence-corrected chi connectivity index (χ1v) is 6.90. The summed E-state index contributed by atoms with van der Waals surface area (Å²) in [5.74, 6) is -0.677. The molecule has 2 rings (SSSR count). The van der Waals surface area contributed by atoms with Crippen molar-refractivity contribution in [1.82, 2.24) is 15.2 Å². The molecule has 8 nitrogen and oxygen atoms in total. The second kappa shape index (κ2) is 6.10. The summed E-state index contributed by atoms with van der Waals surface area (Å²) in [4.78, 5) is 25.1. The van der Waals surface area contributed by atoms with Crippen LogP contribution in [0.3, 0.4) is 0 Å². The molecule has 1 aromatic carbocycles. The Morgan fingerprint density at radius 1 is 1.57 bits per heavy atom. The Kier molecular flexibility index (Phi) is 4.43. The number of nitrogens with one attached hydrogen (secondary N) is 1. The fourth-order valence-corrected chi connectivity index (χ4v) is 2.28. The highest BCUT2D eigenvalue weighted by Gasteiger charge is 2.18. The van der Waals surface area contributed by atoms with E-state index >= 15 is 0 Å². The van der Waals surface area contributed by atoms with E-state index in [0.717, 1.165) is 11.8 Å². The van der Waals surface area contributed by atoms with Gasteiger partial charge < -0.3 is 5.11 Å². The van der Waals surface area contributed by atoms with Crippen molar-refractivity contribution < 1.29 is 14.8 Å². The third-order valence-corrected chi connectivity index (χ3v) is 3.78. The Bertz CT molecular complexity index is 705. The first kappa shape index (κ1) is 15.3. The van der Waals surface area contributed by atoms with E-state index in [0.29, 0.717) is 11.4 Å². The Labute approximate surface area is 127 Å². The SMILES string of the molecule is C[C@H](Sc1n[nH]c(-c2ccc(Cl)c([N+](=O)[O-])c2)n1)C(=O)O. The molecule has 1 heterocycles. The molecule has 0 aliphatic heterocycles. The van der Waals surface area contributed by atoms with E-state index in [-0.39, 0.29) is 15.9 Å². The molecule has 1 aromatic heterocycles. The molecule has 1 atom stereocenters. The number of hydrogen-bond donors (Lipinski definition) is 2. The molecule has 0 fully saturated rings. The van der Waals surface area contributed by atoms with Crippen molar-refractivity contribution in [1.29, 1.82) is 0 Å². The number of nitro benzene ring substituents is 1. The molecule has 0 saturated heterocycles. The van der Waals surface area contributed by atoms with Gasteiger partial charge in [-0.2, -0.15) is 0 Å². The van der Waals surface area contributed by atoms with Gasteiger partial charge in [0.25, 0.3) is 5.69 Å². The van der Waals surface area contributed by atoms with Crippen LogP contribution in [-0.2, 0) is 4.79 Å². The number of carbonyl (C=O) groups is 1. The Morgan fingerprint density at radius 3 is 2.90 bits per heavy atom. The Balaban J connectivity index is 2.27. The number of nitrogens with zero attached hydrogens (tertiary/aromatic N) is 3. The second-order valence-electron chi connectivity index (χ2n) is 3.99. The van der Waals surface area contributed by atoms with Gasteiger partial charge in [-0.15, -0.1) is 5.10 Å². The van der Waals surface area contributed by atoms with Crippen LogP contribution in [0, 0.1) is 10.1 Å². The molecule has 10 heteroatoms. The third-order valence-electron chi connectivity index (χ3n) is 2.51. The quantitative estimate of drug-likeness (QED) is 0.491. The van der Waals surface area contributed by atoms with Crippen LogP contribution >= 0.6 is 23.4 Å². The van der Waals surface area contributed by atoms with Crippen LogP contribution in [0.4, 0.5) is 5.69 Å². The zero-order chi connectivity index (χ0) is 15.6. The first-order valence-electron chi connectivity index (χ1n) is 5.64. The van der Waals surface area contributed by atoms with Crippen molar-refractivity contribution in [3.05, 3.63) is 33.3 Å². The summed E-state index contributed by atoms with van der Waals surface area (Å²) in [6.45, 7) is 1.51. The predicted octanol–water partition coefficient (Wildman–Crippen LogP) is 2.60. The van der Waals surface area contributed by atoms with Gasteiger partial charge in [0.15, 0.2) is 5.82 Å². The molecule has 2 aromatic rings. The van der Waals surface area contributed by atoms with Gasteiger partial charge in [0.05, 0.1) is 4.92 Å². The van der Waals surface area contributed by atoms with Crippen molar-refractivity contribution >= 4 is 35.0 Å². The maximum atomic E-state index is 10.8. The molecule has 0 aliphatic rings. The highest BCUT2D eigenvalue weighted by Crippen LogP contribution is 2.29. The summed E-state index contributed by atoms with van der Waals surface area (Å²) in [5.41, 5.74) is 0.201. The van der Waals surface area contributed by atoms with Crippen molar-refractivity contribution in [2.75, 3.05) is 0 Å². The van der Waals surface area contributed by atoms with Gasteiger partial charge >= 0.3 is 5.97 Å². The zero-order valence-corrected chi connectivity index (χ0v) is 12.2. The normalized spacial score (nSPS) is 12.1. The van der Waals surface area contributed by atoms with E-state index in [1.165, 1.54) is 19.1 Å². The molecule has 110 valence electrons. The number of aliphatic carboxylic acids is 1. The number of halogens is 1. The average molecular weight is 329 g/mol. The molecule has 0 amide bonds. The van der Waals surface area contributed by atoms with Crippen LogP contribution in [0.1, 0.15) is 6.92 Å². The number of rotatable bonds is 5. The molecule has 0 bridgehead atoms. The van der Waals surface area contributed by atoms with E-state index in [4.69, 9.17) is 16.7 Å². The van der Waals surface area contributed by atoms with Crippen LogP contribution < -0.4 is 0 Å². The summed E-state index contributed by atoms with van der Waals surface area (Å²) in [7, 11) is 0. The lowest BCUT2D eigenvalue weighted by Gasteiger charge is -2.00. The highest BCUT2D eigenvalue weighted by molar-refractivity contribution is 8.00. The number of aromatic amines is 1. The average Bonchev–Trinajstić information content (AvgIpc) is 2.87. The largest absolute Gasteiger partial charge is 0.480 e. The third kappa shape index (κ3) is 3.50. The molecule has 2 N–H and O–H groups in total. The Morgan fingerprint density at radius 2 is 2.29 bits per heavy atom. The van der Waals surface area contributed by atoms with Gasteiger partial charge in [-0.3, -0.25) is 20.0 Å². The lowest BCUT2D eigenvalue weighted by atomic mass is 10.2. The minimum Gasteiger partial charge on any atom is -0.480 e. The van der Waals surface area contributed by atoms with Gasteiger partial charge in [0, 0.05) is 11.6 Å². The van der Waals surface area contributed by atoms with Crippen LogP contribution in [0.2, 0.25) is 5.02 Å². The number of nitro groups is 1. The van der Waals surface area contributed by atoms with Gasteiger partial charge in [0.2, 0.25) is 5.16 Å². The van der Waals surface area contributed by atoms with Crippen LogP contribution in [0.15, 0.2) is 23.4 Å². The van der Waals surface area contributed by atoms with E-state index in [9.17, 15) is 14.9 Å². The van der Waals surface area contributed by atoms with Crippen molar-refractivity contribution in [2.24, 2.45) is 0 Å². The van der Waals surface area contributed by atoms with Crippen LogP contribution in [-0.4, -0.2) is 36.4 Å². The minimum atomic E-state index is -0.978. The van der Waals surface area contributed by atoms with Crippen molar-refractivity contribution in [2.45, 2.75) is 17.3 Å². The number of H-pyrrole nitrogens is 1. The smallest absolute Gasteiger partial charge is 0.316 e. The van der Waals surface area contributed by atoms with Crippen LogP contribution in [0.5, 0.6) is 0 Å². The standard InChI is InChI=1S/C11H9ClN4O4S/c1-5(10(17)18)21-11-13-9(14-15-11)6-2-3-7(12)8(4-6)16(19)20/h2-5H,1H3,(H,17,18)(H,13,14,15)/t5-/m0/s1. The van der Waals surface area contributed by atoms with Crippen molar-refractivity contribution in [3.63, 3.8) is 0 Å². The summed E-state index contributed by atoms with van der Waals surface area (Å²) < 4.78 is 0. The van der Waals surface area contributed by atoms with Gasteiger partial charge in [0.1, 0.15) is 10.3 Å². The molecular formula is C11H9ClN4O4S. The van der Waals surface area contributed by atoms with E-state index in [1.54, 1.807) is 6.07 Å². The van der Waals surface area contributed by atoms with Crippen molar-refractivity contribution in [3.8, 4) is 11.4 Å². The second-order valence-corrected chi connectivity index (χ2v) is 5.70. The number of carboxylic acids is 1. The number of hydrogen-bond acceptors (Lipinski definition) is 6. The number of aromatic nitrogens is 3. The molecule has 21 heavy (non-hydrogen) atoms. The zero-order valence-electron chi connectivity index (χ0n) is 10.6. The van der Waals surface area contributed by atoms with E-state index in [1.807, 2.05) is 0 Å². The number of benzene rings is 1. The lowest BCUT2D eigenvalue weighted by molar-refractivity contribution is -0.384. The number of carboxylic acid groups (broad SMARTS) is 1. The summed E-state index contributed by atoms with van der Waals surface area (Å²) in [6.07, 6.45) is 0. The number of thioether (sulfide) groups is 1. The summed E-state index contributed by atoms with van der Waals surface area (Å²) in [6, 6.07) is 4.23. The van der Waals surface area contributed by atoms with E-state index in [2.05, 4.69) is 15.2 Å². The monoisotopic (exact) mass is 328 g/mol. The fourth-order valence-electron chi connectivity index (χ4n) is 1.44. The molecule has 0 radical (unpaired) electrons. The predicted molar refractivity (Wildman–Crippen MR) is 76.4 cm³/mol. The Hall–Kier alpha value is -2.13. The fraction of sp³-hybridized carbons (Fsp3) is 0.182. The van der Waals surface area contributed by atoms with Gasteiger partial charge in [-0.1, -0.05) is 23.4 Å². The lowest BCUT2D eigenvalue weighted by Crippen LogP contribution is -2.11. The molecule has 0 spiro atoms. The summed E-state index contributed by atoms with van der Waals surface area (Å²) in [5, 5.41) is 25.7. The van der Waals surface area contributed by atoms with E-state index < -0.39 is 16.1 Å². The first-order chi connectivity index (χ1) is 9.88. The van der Waals surface area contributed by atoms with Gasteiger partial charge in [-0.25, -0.2) is 4.98 Å². The minimum absolute atomic E-state index is 0.0253. The summed E-state index contributed by atoms with van der Waals surface area (Å²) >= 11 is 6.70.